The molecule has 0 spiro atoms. The van der Waals surface area contributed by atoms with Gasteiger partial charge in [0.05, 0.1) is 6.61 Å². The van der Waals surface area contributed by atoms with Gasteiger partial charge in [0.2, 0.25) is 0 Å². The Kier molecular flexibility index (Phi) is 10.7. The van der Waals surface area contributed by atoms with Crippen molar-refractivity contribution in [2.45, 2.75) is 59.5 Å². The normalized spacial score (nSPS) is 11.6. The van der Waals surface area contributed by atoms with Gasteiger partial charge in [-0.25, -0.2) is 4.79 Å². The van der Waals surface area contributed by atoms with Crippen LogP contribution in [0.25, 0.3) is 6.08 Å². The smallest absolute Gasteiger partial charge is 0.347 e. The highest BCUT2D eigenvalue weighted by molar-refractivity contribution is 7.99. The summed E-state index contributed by atoms with van der Waals surface area (Å²) in [6, 6.07) is 11.0. The molecule has 0 bridgehead atoms. The van der Waals surface area contributed by atoms with E-state index in [1.165, 1.54) is 38.9 Å². The number of carboxylic acids is 1. The molecule has 0 heterocycles. The second kappa shape index (κ2) is 13.2. The summed E-state index contributed by atoms with van der Waals surface area (Å²) in [6.45, 7) is 9.63. The summed E-state index contributed by atoms with van der Waals surface area (Å²) in [4.78, 5) is 24.0. The Hall–Kier alpha value is -2.73. The van der Waals surface area contributed by atoms with Gasteiger partial charge in [0.15, 0.2) is 11.4 Å². The number of aryl methyl sites for hydroxylation is 2. The molecule has 0 aliphatic rings. The van der Waals surface area contributed by atoms with Gasteiger partial charge in [-0.15, -0.1) is 0 Å². The van der Waals surface area contributed by atoms with E-state index in [0.717, 1.165) is 28.2 Å². The Morgan fingerprint density at radius 3 is 2.26 bits per heavy atom. The molecule has 0 saturated heterocycles. The molecule has 0 unspecified atom stereocenters. The molecule has 0 radical (unpaired) electrons. The molecule has 0 aromatic heterocycles. The van der Waals surface area contributed by atoms with E-state index in [-0.39, 0.29) is 5.78 Å². The summed E-state index contributed by atoms with van der Waals surface area (Å²) in [5.74, 6) is 2.32. The number of aliphatic carboxylic acids is 1. The Morgan fingerprint density at radius 2 is 1.68 bits per heavy atom. The van der Waals surface area contributed by atoms with E-state index in [9.17, 15) is 14.7 Å². The van der Waals surface area contributed by atoms with E-state index in [1.807, 2.05) is 49.9 Å². The molecular formula is C28H36O5S. The van der Waals surface area contributed by atoms with Crippen molar-refractivity contribution in [2.24, 2.45) is 0 Å². The van der Waals surface area contributed by atoms with Crippen molar-refractivity contribution in [1.82, 2.24) is 0 Å². The largest absolute Gasteiger partial charge is 0.493 e. The third-order valence-electron chi connectivity index (χ3n) is 5.31. The second-order valence-electron chi connectivity index (χ2n) is 8.79. The number of allylic oxidation sites excluding steroid dienone is 1. The first kappa shape index (κ1) is 27.5. The van der Waals surface area contributed by atoms with Crippen LogP contribution in [-0.2, 0) is 4.79 Å². The van der Waals surface area contributed by atoms with Crippen molar-refractivity contribution in [1.29, 1.82) is 0 Å². The van der Waals surface area contributed by atoms with E-state index >= 15 is 0 Å². The third-order valence-corrected chi connectivity index (χ3v) is 6.34. The predicted octanol–water partition coefficient (Wildman–Crippen LogP) is 6.74. The molecule has 0 fully saturated rings. The number of ether oxygens (including phenoxy) is 2. The standard InChI is InChI=1S/C28H36O5S/c1-6-7-8-16-34-17-15-32-24-12-10-23(11-13-24)25(29)14-9-22-18-20(2)26(21(3)19-22)33-28(4,5)27(30)31/h9-14,18-19H,6-8,15-17H2,1-5H3,(H,30,31)/b14-9+. The maximum atomic E-state index is 12.6. The van der Waals surface area contributed by atoms with E-state index in [2.05, 4.69) is 6.92 Å². The van der Waals surface area contributed by atoms with Crippen molar-refractivity contribution >= 4 is 29.6 Å². The van der Waals surface area contributed by atoms with Gasteiger partial charge in [-0.3, -0.25) is 4.79 Å². The van der Waals surface area contributed by atoms with Crippen LogP contribution in [0.1, 0.15) is 67.1 Å². The van der Waals surface area contributed by atoms with Crippen LogP contribution in [0.4, 0.5) is 0 Å². The Bertz CT molecular complexity index is 969. The lowest BCUT2D eigenvalue weighted by Gasteiger charge is -2.24. The highest BCUT2D eigenvalue weighted by Crippen LogP contribution is 2.29. The fraction of sp³-hybridized carbons (Fsp3) is 0.429. The first-order valence-electron chi connectivity index (χ1n) is 11.7. The predicted molar refractivity (Wildman–Crippen MR) is 140 cm³/mol. The monoisotopic (exact) mass is 484 g/mol. The van der Waals surface area contributed by atoms with E-state index in [0.29, 0.717) is 17.9 Å². The Morgan fingerprint density at radius 1 is 1.03 bits per heavy atom. The van der Waals surface area contributed by atoms with Gasteiger partial charge in [-0.1, -0.05) is 25.8 Å². The number of benzene rings is 2. The van der Waals surface area contributed by atoms with Crippen LogP contribution in [-0.4, -0.2) is 40.6 Å². The molecular weight excluding hydrogens is 448 g/mol. The van der Waals surface area contributed by atoms with Crippen LogP contribution in [0.2, 0.25) is 0 Å². The first-order chi connectivity index (χ1) is 16.1. The topological polar surface area (TPSA) is 72.8 Å². The molecule has 0 aliphatic heterocycles. The van der Waals surface area contributed by atoms with Gasteiger partial charge in [0.1, 0.15) is 11.5 Å². The minimum Gasteiger partial charge on any atom is -0.493 e. The highest BCUT2D eigenvalue weighted by Gasteiger charge is 2.30. The zero-order valence-corrected chi connectivity index (χ0v) is 21.7. The van der Waals surface area contributed by atoms with Crippen molar-refractivity contribution in [3.05, 3.63) is 64.7 Å². The van der Waals surface area contributed by atoms with Crippen LogP contribution in [0, 0.1) is 13.8 Å². The van der Waals surface area contributed by atoms with Crippen LogP contribution in [0.5, 0.6) is 11.5 Å². The number of rotatable bonds is 14. The SMILES string of the molecule is CCCCCSCCOc1ccc(C(=O)/C=C/c2cc(C)c(OC(C)(C)C(=O)O)c(C)c2)cc1. The van der Waals surface area contributed by atoms with Gasteiger partial charge >= 0.3 is 5.97 Å². The molecule has 5 nitrogen and oxygen atoms in total. The van der Waals surface area contributed by atoms with Gasteiger partial charge in [-0.05, 0) is 99.0 Å². The lowest BCUT2D eigenvalue weighted by molar-refractivity contribution is -0.152. The van der Waals surface area contributed by atoms with Crippen LogP contribution < -0.4 is 9.47 Å². The first-order valence-corrected chi connectivity index (χ1v) is 12.9. The number of carbonyl (C=O) groups excluding carboxylic acids is 1. The van der Waals surface area contributed by atoms with Gasteiger partial charge < -0.3 is 14.6 Å². The van der Waals surface area contributed by atoms with Crippen LogP contribution in [0.3, 0.4) is 0 Å². The van der Waals surface area contributed by atoms with Crippen molar-refractivity contribution < 1.29 is 24.2 Å². The molecule has 1 N–H and O–H groups in total. The zero-order valence-electron chi connectivity index (χ0n) is 20.8. The summed E-state index contributed by atoms with van der Waals surface area (Å²) in [7, 11) is 0. The molecule has 0 aliphatic carbocycles. The van der Waals surface area contributed by atoms with Crippen LogP contribution >= 0.6 is 11.8 Å². The summed E-state index contributed by atoms with van der Waals surface area (Å²) in [5.41, 5.74) is 1.74. The molecule has 2 aromatic rings. The summed E-state index contributed by atoms with van der Waals surface area (Å²) in [5, 5.41) is 9.32. The second-order valence-corrected chi connectivity index (χ2v) is 10.0. The molecule has 184 valence electrons. The highest BCUT2D eigenvalue weighted by atomic mass is 32.2. The van der Waals surface area contributed by atoms with E-state index < -0.39 is 11.6 Å². The summed E-state index contributed by atoms with van der Waals surface area (Å²) < 4.78 is 11.5. The summed E-state index contributed by atoms with van der Waals surface area (Å²) in [6.07, 6.45) is 7.08. The van der Waals surface area contributed by atoms with E-state index in [4.69, 9.17) is 9.47 Å². The maximum absolute atomic E-state index is 12.6. The molecule has 0 atom stereocenters. The average molecular weight is 485 g/mol. The average Bonchev–Trinajstić information content (AvgIpc) is 2.79. The lowest BCUT2D eigenvalue weighted by atomic mass is 10.0. The number of thioether (sulfide) groups is 1. The molecule has 2 aromatic carbocycles. The molecule has 6 heteroatoms. The third kappa shape index (κ3) is 8.56. The van der Waals surface area contributed by atoms with Gasteiger partial charge in [0.25, 0.3) is 0 Å². The molecule has 0 amide bonds. The number of hydrogen-bond donors (Lipinski definition) is 1. The molecule has 34 heavy (non-hydrogen) atoms. The summed E-state index contributed by atoms with van der Waals surface area (Å²) >= 11 is 1.91. The van der Waals surface area contributed by atoms with Crippen molar-refractivity contribution in [3.8, 4) is 11.5 Å². The Labute approximate surface area is 207 Å². The van der Waals surface area contributed by atoms with E-state index in [1.54, 1.807) is 24.3 Å². The lowest BCUT2D eigenvalue weighted by Crippen LogP contribution is -2.38. The van der Waals surface area contributed by atoms with Crippen LogP contribution in [0.15, 0.2) is 42.5 Å². The minimum absolute atomic E-state index is 0.0966. The fourth-order valence-electron chi connectivity index (χ4n) is 3.30. The van der Waals surface area contributed by atoms with Gasteiger partial charge in [-0.2, -0.15) is 11.8 Å². The van der Waals surface area contributed by atoms with Crippen molar-refractivity contribution in [2.75, 3.05) is 18.1 Å². The maximum Gasteiger partial charge on any atom is 0.347 e. The number of ketones is 1. The number of hydrogen-bond acceptors (Lipinski definition) is 5. The minimum atomic E-state index is -1.33. The van der Waals surface area contributed by atoms with Gasteiger partial charge in [0, 0.05) is 11.3 Å². The fourth-order valence-corrected chi connectivity index (χ4v) is 4.11. The van der Waals surface area contributed by atoms with Crippen molar-refractivity contribution in [3.63, 3.8) is 0 Å². The molecule has 2 rings (SSSR count). The number of carboxylic acid groups (broad SMARTS) is 1. The number of unbranched alkanes of at least 4 members (excludes halogenated alkanes) is 2. The Balaban J connectivity index is 1.93. The molecule has 0 saturated carbocycles. The zero-order chi connectivity index (χ0) is 25.1. The quantitative estimate of drug-likeness (QED) is 0.182. The number of carbonyl (C=O) groups is 2.